The number of Topliss-reactive ketones (excluding diaryl/α,β-unsaturated/α-hetero) is 1. The molecule has 2 N–H and O–H groups in total. The monoisotopic (exact) mass is 348 g/mol. The molecule has 0 radical (unpaired) electrons. The first-order valence-corrected chi connectivity index (χ1v) is 7.86. The van der Waals surface area contributed by atoms with Crippen molar-refractivity contribution in [2.45, 2.75) is 12.8 Å². The van der Waals surface area contributed by atoms with Crippen LogP contribution in [0.25, 0.3) is 0 Å². The van der Waals surface area contributed by atoms with Crippen LogP contribution in [0.4, 0.5) is 0 Å². The molecule has 0 fully saturated rings. The molecule has 2 aliphatic rings. The quantitative estimate of drug-likeness (QED) is 0.903. The van der Waals surface area contributed by atoms with Gasteiger partial charge in [0.1, 0.15) is 12.3 Å². The number of methoxy groups -OCH3 is 1. The highest BCUT2D eigenvalue weighted by Gasteiger charge is 2.40. The molecular formula is C17H17ClN2O4. The van der Waals surface area contributed by atoms with Crippen LogP contribution in [0.5, 0.6) is 5.75 Å². The van der Waals surface area contributed by atoms with Crippen LogP contribution < -0.4 is 10.5 Å². The van der Waals surface area contributed by atoms with Crippen molar-refractivity contribution in [2.24, 2.45) is 10.7 Å². The largest absolute Gasteiger partial charge is 0.497 e. The molecule has 1 aromatic carbocycles. The minimum atomic E-state index is -0.489. The van der Waals surface area contributed by atoms with Crippen molar-refractivity contribution in [3.05, 3.63) is 52.8 Å². The van der Waals surface area contributed by atoms with Crippen LogP contribution in [0.3, 0.4) is 0 Å². The summed E-state index contributed by atoms with van der Waals surface area (Å²) in [7, 11) is 1.59. The smallest absolute Gasteiger partial charge is 0.230 e. The van der Waals surface area contributed by atoms with Gasteiger partial charge in [-0.2, -0.15) is 0 Å². The highest BCUT2D eigenvalue weighted by molar-refractivity contribution is 6.70. The van der Waals surface area contributed by atoms with E-state index in [9.17, 15) is 4.79 Å². The Morgan fingerprint density at radius 2 is 2.08 bits per heavy atom. The summed E-state index contributed by atoms with van der Waals surface area (Å²) in [5.41, 5.74) is 7.26. The first kappa shape index (κ1) is 16.4. The molecule has 24 heavy (non-hydrogen) atoms. The number of hydrogen-bond acceptors (Lipinski definition) is 6. The number of nitrogens with zero attached hydrogens (tertiary/aromatic N) is 1. The fourth-order valence-electron chi connectivity index (χ4n) is 2.78. The van der Waals surface area contributed by atoms with Gasteiger partial charge in [0.05, 0.1) is 25.2 Å². The fourth-order valence-corrected chi connectivity index (χ4v) is 2.98. The number of ketones is 1. The van der Waals surface area contributed by atoms with E-state index in [4.69, 9.17) is 31.5 Å². The van der Waals surface area contributed by atoms with Crippen molar-refractivity contribution in [1.82, 2.24) is 0 Å². The molecule has 0 aromatic heterocycles. The average molecular weight is 349 g/mol. The average Bonchev–Trinajstić information content (AvgIpc) is 2.59. The Bertz CT molecular complexity index is 765. The van der Waals surface area contributed by atoms with Crippen molar-refractivity contribution in [3.8, 4) is 5.75 Å². The lowest BCUT2D eigenvalue weighted by Gasteiger charge is -2.31. The van der Waals surface area contributed by atoms with Crippen LogP contribution in [0.1, 0.15) is 18.4 Å². The van der Waals surface area contributed by atoms with Crippen molar-refractivity contribution >= 4 is 22.6 Å². The Balaban J connectivity index is 2.15. The molecule has 1 unspecified atom stereocenters. The Labute approximate surface area is 144 Å². The third-order valence-electron chi connectivity index (χ3n) is 3.85. The number of dihydropyridines is 1. The van der Waals surface area contributed by atoms with Gasteiger partial charge in [0.15, 0.2) is 22.5 Å². The summed E-state index contributed by atoms with van der Waals surface area (Å²) in [5, 5.41) is 0.140. The van der Waals surface area contributed by atoms with Crippen molar-refractivity contribution in [2.75, 3.05) is 20.3 Å². The van der Waals surface area contributed by atoms with E-state index in [0.29, 0.717) is 23.7 Å². The molecule has 0 saturated carbocycles. The number of hydrogen-bond donors (Lipinski definition) is 1. The van der Waals surface area contributed by atoms with Crippen molar-refractivity contribution < 1.29 is 19.0 Å². The second kappa shape index (κ2) is 6.57. The zero-order valence-electron chi connectivity index (χ0n) is 13.3. The van der Waals surface area contributed by atoms with Gasteiger partial charge in [-0.3, -0.25) is 9.79 Å². The molecule has 1 aromatic rings. The van der Waals surface area contributed by atoms with E-state index in [2.05, 4.69) is 4.99 Å². The molecule has 2 aliphatic heterocycles. The van der Waals surface area contributed by atoms with E-state index < -0.39 is 5.92 Å². The van der Waals surface area contributed by atoms with Crippen molar-refractivity contribution in [1.29, 1.82) is 0 Å². The highest BCUT2D eigenvalue weighted by Crippen LogP contribution is 2.42. The predicted octanol–water partition coefficient (Wildman–Crippen LogP) is 2.45. The fraction of sp³-hybridized carbons (Fsp3) is 0.294. The first-order valence-electron chi connectivity index (χ1n) is 7.48. The first-order chi connectivity index (χ1) is 11.6. The zero-order chi connectivity index (χ0) is 17.3. The maximum absolute atomic E-state index is 12.5. The number of nitrogens with two attached hydrogens (primary N) is 1. The molecule has 0 spiro atoms. The summed E-state index contributed by atoms with van der Waals surface area (Å²) in [6.45, 7) is 2.21. The van der Waals surface area contributed by atoms with E-state index in [1.165, 1.54) is 0 Å². The maximum atomic E-state index is 12.5. The lowest BCUT2D eigenvalue weighted by atomic mass is 9.84. The molecule has 126 valence electrons. The molecule has 0 bridgehead atoms. The van der Waals surface area contributed by atoms with Crippen LogP contribution in [0.15, 0.2) is 52.2 Å². The number of allylic oxidation sites excluding steroid dienone is 2. The lowest BCUT2D eigenvalue weighted by Crippen LogP contribution is -2.31. The minimum absolute atomic E-state index is 0.0208. The number of carbonyl (C=O) groups excluding carboxylic acids is 1. The van der Waals surface area contributed by atoms with Gasteiger partial charge in [-0.05, 0) is 24.6 Å². The lowest BCUT2D eigenvalue weighted by molar-refractivity contribution is -0.115. The second-order valence-electron chi connectivity index (χ2n) is 5.24. The van der Waals surface area contributed by atoms with E-state index >= 15 is 0 Å². The van der Waals surface area contributed by atoms with Crippen LogP contribution in [0.2, 0.25) is 0 Å². The van der Waals surface area contributed by atoms with Gasteiger partial charge in [-0.15, -0.1) is 0 Å². The Morgan fingerprint density at radius 1 is 1.38 bits per heavy atom. The summed E-state index contributed by atoms with van der Waals surface area (Å²) in [6.07, 6.45) is 0. The number of benzene rings is 1. The zero-order valence-corrected chi connectivity index (χ0v) is 14.1. The predicted molar refractivity (Wildman–Crippen MR) is 89.8 cm³/mol. The Morgan fingerprint density at radius 3 is 2.71 bits per heavy atom. The number of aliphatic imine (C=N–C) groups is 1. The number of halogens is 1. The molecule has 2 heterocycles. The van der Waals surface area contributed by atoms with Gasteiger partial charge in [0.2, 0.25) is 5.88 Å². The summed E-state index contributed by atoms with van der Waals surface area (Å²) in [6, 6.07) is 7.35. The maximum Gasteiger partial charge on any atom is 0.230 e. The summed E-state index contributed by atoms with van der Waals surface area (Å²) in [4.78, 5) is 16.5. The Hall–Kier alpha value is -2.47. The molecule has 1 atom stereocenters. The van der Waals surface area contributed by atoms with Gasteiger partial charge in [-0.25, -0.2) is 0 Å². The SMILES string of the molecule is CCOC1=C(N)OC2=C(C(=O)CN=C2Cl)C1c1ccc(OC)cc1. The minimum Gasteiger partial charge on any atom is -0.497 e. The van der Waals surface area contributed by atoms with Gasteiger partial charge >= 0.3 is 0 Å². The molecule has 3 rings (SSSR count). The second-order valence-corrected chi connectivity index (χ2v) is 5.60. The highest BCUT2D eigenvalue weighted by atomic mass is 35.5. The summed E-state index contributed by atoms with van der Waals surface area (Å²) < 4.78 is 16.4. The van der Waals surface area contributed by atoms with Gasteiger partial charge in [0.25, 0.3) is 0 Å². The number of carbonyl (C=O) groups is 1. The molecule has 6 nitrogen and oxygen atoms in total. The van der Waals surface area contributed by atoms with E-state index in [1.54, 1.807) is 7.11 Å². The van der Waals surface area contributed by atoms with Crippen LogP contribution in [0, 0.1) is 0 Å². The topological polar surface area (TPSA) is 83.1 Å². The van der Waals surface area contributed by atoms with Crippen LogP contribution in [-0.2, 0) is 14.3 Å². The third kappa shape index (κ3) is 2.73. The van der Waals surface area contributed by atoms with Gasteiger partial charge in [0, 0.05) is 0 Å². The van der Waals surface area contributed by atoms with E-state index in [0.717, 1.165) is 5.56 Å². The van der Waals surface area contributed by atoms with E-state index in [1.807, 2.05) is 31.2 Å². The molecular weight excluding hydrogens is 332 g/mol. The molecule has 0 saturated heterocycles. The number of ether oxygens (including phenoxy) is 3. The van der Waals surface area contributed by atoms with Crippen molar-refractivity contribution in [3.63, 3.8) is 0 Å². The van der Waals surface area contributed by atoms with Crippen LogP contribution >= 0.6 is 11.6 Å². The molecule has 0 aliphatic carbocycles. The molecule has 0 amide bonds. The third-order valence-corrected chi connectivity index (χ3v) is 4.14. The molecule has 7 heteroatoms. The standard InChI is InChI=1S/C17H17ClN2O4/c1-3-23-15-12(9-4-6-10(22-2)7-5-9)13-11(21)8-20-16(18)14(13)24-17(15)19/h4-7,12H,3,8,19H2,1-2H3. The summed E-state index contributed by atoms with van der Waals surface area (Å²) >= 11 is 6.12. The number of rotatable bonds is 4. The summed E-state index contributed by atoms with van der Waals surface area (Å²) in [5.74, 6) is 0.746. The normalized spacial score (nSPS) is 20.4. The van der Waals surface area contributed by atoms with Crippen LogP contribution in [-0.4, -0.2) is 31.2 Å². The van der Waals surface area contributed by atoms with E-state index in [-0.39, 0.29) is 29.1 Å². The van der Waals surface area contributed by atoms with Gasteiger partial charge in [-0.1, -0.05) is 23.7 Å². The van der Waals surface area contributed by atoms with Gasteiger partial charge < -0.3 is 19.9 Å². The Kier molecular flexibility index (Phi) is 4.49.